The van der Waals surface area contributed by atoms with E-state index in [1.165, 1.54) is 26.4 Å². The number of benzene rings is 2. The van der Waals surface area contributed by atoms with Crippen molar-refractivity contribution < 1.29 is 23.5 Å². The average molecular weight is 433 g/mol. The molecule has 2 aromatic rings. The predicted octanol–water partition coefficient (Wildman–Crippen LogP) is 3.40. The van der Waals surface area contributed by atoms with Gasteiger partial charge in [0.1, 0.15) is 11.5 Å². The summed E-state index contributed by atoms with van der Waals surface area (Å²) < 4.78 is 23.0. The quantitative estimate of drug-likeness (QED) is 0.652. The van der Waals surface area contributed by atoms with Crippen LogP contribution in [0.4, 0.5) is 10.1 Å². The summed E-state index contributed by atoms with van der Waals surface area (Å²) in [6, 6.07) is 13.2. The second-order valence-corrected chi connectivity index (χ2v) is 7.22. The Morgan fingerprint density at radius 3 is 2.23 bits per heavy atom. The third-order valence-electron chi connectivity index (χ3n) is 4.86. The van der Waals surface area contributed by atoms with E-state index in [0.29, 0.717) is 30.3 Å². The van der Waals surface area contributed by atoms with Crippen LogP contribution in [-0.2, 0) is 25.5 Å². The highest BCUT2D eigenvalue weighted by atomic mass is 35.5. The Morgan fingerprint density at radius 2 is 1.63 bits per heavy atom. The highest BCUT2D eigenvalue weighted by Crippen LogP contribution is 2.29. The van der Waals surface area contributed by atoms with Gasteiger partial charge in [0.05, 0.1) is 26.5 Å². The number of hydrogen-bond donors (Lipinski definition) is 0. The molecule has 0 spiro atoms. The Labute approximate surface area is 179 Å². The van der Waals surface area contributed by atoms with Gasteiger partial charge in [0.25, 0.3) is 0 Å². The Hall–Kier alpha value is -2.90. The number of methoxy groups -OCH3 is 2. The average Bonchev–Trinajstić information content (AvgIpc) is 2.77. The van der Waals surface area contributed by atoms with Gasteiger partial charge in [-0.2, -0.15) is 0 Å². The maximum Gasteiger partial charge on any atom is 0.355 e. The van der Waals surface area contributed by atoms with E-state index in [0.717, 1.165) is 5.56 Å². The molecule has 158 valence electrons. The summed E-state index contributed by atoms with van der Waals surface area (Å²) in [5.74, 6) is -1.51. The maximum absolute atomic E-state index is 13.2. The molecule has 0 saturated heterocycles. The van der Waals surface area contributed by atoms with Gasteiger partial charge < -0.3 is 14.4 Å². The third-order valence-corrected chi connectivity index (χ3v) is 5.11. The van der Waals surface area contributed by atoms with E-state index in [1.54, 1.807) is 41.3 Å². The summed E-state index contributed by atoms with van der Waals surface area (Å²) in [5.41, 5.74) is 2.01. The fourth-order valence-electron chi connectivity index (χ4n) is 3.32. The molecule has 0 aliphatic carbocycles. The van der Waals surface area contributed by atoms with E-state index in [1.807, 2.05) is 4.90 Å². The number of nitrogens with zero attached hydrogens (tertiary/aromatic N) is 2. The number of anilines is 1. The highest BCUT2D eigenvalue weighted by Gasteiger charge is 2.34. The summed E-state index contributed by atoms with van der Waals surface area (Å²) in [7, 11) is 2.54. The Bertz CT molecular complexity index is 945. The molecule has 3 rings (SSSR count). The molecule has 6 nitrogen and oxygen atoms in total. The number of ether oxygens (including phenoxy) is 2. The van der Waals surface area contributed by atoms with Crippen LogP contribution in [0.5, 0.6) is 0 Å². The molecule has 30 heavy (non-hydrogen) atoms. The molecule has 0 unspecified atom stereocenters. The Morgan fingerprint density at radius 1 is 1.00 bits per heavy atom. The van der Waals surface area contributed by atoms with Crippen molar-refractivity contribution in [3.8, 4) is 0 Å². The zero-order valence-corrected chi connectivity index (χ0v) is 17.5. The van der Waals surface area contributed by atoms with Crippen molar-refractivity contribution in [1.29, 1.82) is 0 Å². The van der Waals surface area contributed by atoms with Crippen LogP contribution < -0.4 is 4.90 Å². The molecular weight excluding hydrogens is 411 g/mol. The van der Waals surface area contributed by atoms with E-state index in [4.69, 9.17) is 21.1 Å². The molecular formula is C22H22ClFN2O4. The lowest BCUT2D eigenvalue weighted by Gasteiger charge is -2.38. The fourth-order valence-corrected chi connectivity index (χ4v) is 3.44. The van der Waals surface area contributed by atoms with Gasteiger partial charge in [0.2, 0.25) is 0 Å². The Balaban J connectivity index is 1.93. The molecule has 1 heterocycles. The molecule has 8 heteroatoms. The van der Waals surface area contributed by atoms with Crippen molar-refractivity contribution in [3.05, 3.63) is 76.2 Å². The minimum atomic E-state index is -0.622. The first kappa shape index (κ1) is 21.8. The van der Waals surface area contributed by atoms with Crippen LogP contribution in [0.2, 0.25) is 5.02 Å². The normalized spacial score (nSPS) is 14.6. The molecule has 1 aliphatic rings. The number of hydrogen-bond acceptors (Lipinski definition) is 6. The van der Waals surface area contributed by atoms with Crippen LogP contribution >= 0.6 is 11.6 Å². The first-order valence-corrected chi connectivity index (χ1v) is 9.70. The lowest BCUT2D eigenvalue weighted by Crippen LogP contribution is -2.48. The zero-order valence-electron chi connectivity index (χ0n) is 16.7. The van der Waals surface area contributed by atoms with Gasteiger partial charge in [-0.3, -0.25) is 4.90 Å². The lowest BCUT2D eigenvalue weighted by atomic mass is 10.1. The maximum atomic E-state index is 13.2. The smallest absolute Gasteiger partial charge is 0.355 e. The highest BCUT2D eigenvalue weighted by molar-refractivity contribution is 6.30. The molecule has 0 saturated carbocycles. The van der Waals surface area contributed by atoms with Crippen molar-refractivity contribution >= 4 is 29.2 Å². The summed E-state index contributed by atoms with van der Waals surface area (Å²) in [5, 5.41) is 0.556. The van der Waals surface area contributed by atoms with E-state index in [-0.39, 0.29) is 23.6 Å². The summed E-state index contributed by atoms with van der Waals surface area (Å²) in [6.45, 7) is 1.17. The van der Waals surface area contributed by atoms with Gasteiger partial charge in [-0.05, 0) is 48.4 Å². The number of rotatable bonds is 6. The third kappa shape index (κ3) is 4.98. The van der Waals surface area contributed by atoms with Gasteiger partial charge in [-0.25, -0.2) is 14.0 Å². The molecule has 0 N–H and O–H groups in total. The monoisotopic (exact) mass is 432 g/mol. The number of carbonyl (C=O) groups excluding carboxylic acids is 2. The molecule has 0 aromatic heterocycles. The first-order chi connectivity index (χ1) is 14.4. The van der Waals surface area contributed by atoms with Gasteiger partial charge in [0, 0.05) is 23.8 Å². The van der Waals surface area contributed by atoms with Gasteiger partial charge in [-0.15, -0.1) is 0 Å². The molecule has 0 amide bonds. The van der Waals surface area contributed by atoms with Crippen LogP contribution in [0.3, 0.4) is 0 Å². The van der Waals surface area contributed by atoms with E-state index in [9.17, 15) is 14.0 Å². The van der Waals surface area contributed by atoms with Crippen LogP contribution in [0, 0.1) is 5.82 Å². The van der Waals surface area contributed by atoms with E-state index in [2.05, 4.69) is 0 Å². The first-order valence-electron chi connectivity index (χ1n) is 9.32. The largest absolute Gasteiger partial charge is 0.466 e. The Kier molecular flexibility index (Phi) is 7.07. The van der Waals surface area contributed by atoms with Crippen LogP contribution in [0.25, 0.3) is 0 Å². The molecule has 0 atom stereocenters. The summed E-state index contributed by atoms with van der Waals surface area (Å²) >= 11 is 6.00. The molecule has 0 bridgehead atoms. The van der Waals surface area contributed by atoms with Gasteiger partial charge in [-0.1, -0.05) is 23.7 Å². The lowest BCUT2D eigenvalue weighted by molar-refractivity contribution is -0.140. The van der Waals surface area contributed by atoms with Crippen molar-refractivity contribution in [3.63, 3.8) is 0 Å². The van der Waals surface area contributed by atoms with Crippen molar-refractivity contribution in [2.24, 2.45) is 0 Å². The van der Waals surface area contributed by atoms with Gasteiger partial charge in [0.15, 0.2) is 0 Å². The molecule has 0 radical (unpaired) electrons. The molecule has 1 aliphatic heterocycles. The predicted molar refractivity (Wildman–Crippen MR) is 112 cm³/mol. The molecule has 2 aromatic carbocycles. The SMILES string of the molecule is COC(=O)C1=C(C(=O)OC)N(c2ccc(Cl)cc2)CN(CCc2ccc(F)cc2)C1. The minimum Gasteiger partial charge on any atom is -0.466 e. The second-order valence-electron chi connectivity index (χ2n) is 6.79. The number of carbonyl (C=O) groups is 2. The second kappa shape index (κ2) is 9.73. The van der Waals surface area contributed by atoms with E-state index < -0.39 is 11.9 Å². The molecule has 0 fully saturated rings. The summed E-state index contributed by atoms with van der Waals surface area (Å²) in [6.07, 6.45) is 0.650. The number of esters is 2. The van der Waals surface area contributed by atoms with Crippen LogP contribution in [-0.4, -0.2) is 50.8 Å². The summed E-state index contributed by atoms with van der Waals surface area (Å²) in [4.78, 5) is 28.8. The van der Waals surface area contributed by atoms with Crippen molar-refractivity contribution in [1.82, 2.24) is 4.90 Å². The number of halogens is 2. The minimum absolute atomic E-state index is 0.143. The van der Waals surface area contributed by atoms with E-state index >= 15 is 0 Å². The fraction of sp³-hybridized carbons (Fsp3) is 0.273. The van der Waals surface area contributed by atoms with Crippen molar-refractivity contribution in [2.45, 2.75) is 6.42 Å². The zero-order chi connectivity index (χ0) is 21.7. The van der Waals surface area contributed by atoms with Gasteiger partial charge >= 0.3 is 11.9 Å². The van der Waals surface area contributed by atoms with Crippen LogP contribution in [0.15, 0.2) is 59.8 Å². The topological polar surface area (TPSA) is 59.1 Å². The standard InChI is InChI=1S/C22H22ClFN2O4/c1-29-21(27)19-13-25(12-11-15-3-7-17(24)8-4-15)14-26(20(19)22(28)30-2)18-9-5-16(23)6-10-18/h3-10H,11-14H2,1-2H3. The van der Waals surface area contributed by atoms with Crippen LogP contribution in [0.1, 0.15) is 5.56 Å². The van der Waals surface area contributed by atoms with Crippen molar-refractivity contribution in [2.75, 3.05) is 38.9 Å².